The zero-order chi connectivity index (χ0) is 12.3. The molecule has 0 aromatic heterocycles. The summed E-state index contributed by atoms with van der Waals surface area (Å²) in [4.78, 5) is 9.28. The van der Waals surface area contributed by atoms with Gasteiger partial charge in [0.25, 0.3) is 6.64 Å². The first-order valence-electron chi connectivity index (χ1n) is 5.35. The third-order valence-electron chi connectivity index (χ3n) is 1.23. The summed E-state index contributed by atoms with van der Waals surface area (Å²) in [5.74, 6) is 0. The van der Waals surface area contributed by atoms with Gasteiger partial charge in [-0.1, -0.05) is 13.8 Å². The fourth-order valence-corrected chi connectivity index (χ4v) is 2.81. The van der Waals surface area contributed by atoms with Crippen molar-refractivity contribution < 1.29 is 9.42 Å². The standard InChI is InChI=1S/C5H14NO2PS.C4H11N/c1-4-8-9(7,10)6-5(2)3;1-3-5-4-2/h5H,4H2,1-3H3,(H2,6,7,10);5H,3-4H2,1-2H3. The van der Waals surface area contributed by atoms with E-state index in [1.165, 1.54) is 0 Å². The molecule has 1 atom stereocenters. The van der Waals surface area contributed by atoms with Crippen molar-refractivity contribution in [3.8, 4) is 0 Å². The van der Waals surface area contributed by atoms with E-state index in [0.717, 1.165) is 13.1 Å². The van der Waals surface area contributed by atoms with E-state index in [4.69, 9.17) is 16.3 Å². The molecule has 0 heterocycles. The van der Waals surface area contributed by atoms with Crippen LogP contribution in [0, 0.1) is 0 Å². The minimum Gasteiger partial charge on any atom is -0.334 e. The zero-order valence-electron chi connectivity index (χ0n) is 10.4. The van der Waals surface area contributed by atoms with Crippen molar-refractivity contribution in [3.05, 3.63) is 0 Å². The molecule has 0 aromatic carbocycles. The Balaban J connectivity index is 0. The summed E-state index contributed by atoms with van der Waals surface area (Å²) in [5, 5.41) is 5.89. The largest absolute Gasteiger partial charge is 0.334 e. The van der Waals surface area contributed by atoms with Crippen LogP contribution in [0.25, 0.3) is 0 Å². The lowest BCUT2D eigenvalue weighted by molar-refractivity contribution is 0.315. The highest BCUT2D eigenvalue weighted by molar-refractivity contribution is 8.08. The highest BCUT2D eigenvalue weighted by Crippen LogP contribution is 2.37. The van der Waals surface area contributed by atoms with Crippen molar-refractivity contribution in [1.29, 1.82) is 0 Å². The molecule has 3 N–H and O–H groups in total. The zero-order valence-corrected chi connectivity index (χ0v) is 12.1. The van der Waals surface area contributed by atoms with Crippen LogP contribution in [0.1, 0.15) is 34.6 Å². The van der Waals surface area contributed by atoms with Crippen molar-refractivity contribution in [2.24, 2.45) is 0 Å². The van der Waals surface area contributed by atoms with Gasteiger partial charge in [-0.05, 0) is 45.7 Å². The maximum Gasteiger partial charge on any atom is 0.258 e. The number of nitrogens with one attached hydrogen (secondary N) is 2. The Bertz CT molecular complexity index is 177. The van der Waals surface area contributed by atoms with Gasteiger partial charge < -0.3 is 14.7 Å². The molecule has 1 unspecified atom stereocenters. The summed E-state index contributed by atoms with van der Waals surface area (Å²) in [6, 6.07) is 0.169. The summed E-state index contributed by atoms with van der Waals surface area (Å²) >= 11 is 4.75. The highest BCUT2D eigenvalue weighted by Gasteiger charge is 2.12. The highest BCUT2D eigenvalue weighted by atomic mass is 32.5. The monoisotopic (exact) mass is 256 g/mol. The number of hydrogen-bond donors (Lipinski definition) is 3. The number of rotatable bonds is 6. The maximum atomic E-state index is 9.28. The van der Waals surface area contributed by atoms with Gasteiger partial charge in [0.05, 0.1) is 6.61 Å². The average Bonchev–Trinajstić information content (AvgIpc) is 2.03. The molecule has 0 aliphatic rings. The Hall–Kier alpha value is 0.490. The fraction of sp³-hybridized carbons (Fsp3) is 1.00. The van der Waals surface area contributed by atoms with Gasteiger partial charge in [0.2, 0.25) is 0 Å². The van der Waals surface area contributed by atoms with Gasteiger partial charge in [0.15, 0.2) is 0 Å². The molecule has 0 aliphatic heterocycles. The van der Waals surface area contributed by atoms with Gasteiger partial charge in [-0.25, -0.2) is 5.09 Å². The molecular formula is C9H25N2O2PS. The van der Waals surface area contributed by atoms with Crippen LogP contribution < -0.4 is 10.4 Å². The van der Waals surface area contributed by atoms with Crippen LogP contribution in [-0.2, 0) is 16.3 Å². The molecule has 0 saturated carbocycles. The summed E-state index contributed by atoms with van der Waals surface area (Å²) in [6.07, 6.45) is 0. The molecular weight excluding hydrogens is 231 g/mol. The van der Waals surface area contributed by atoms with Crippen LogP contribution in [0.4, 0.5) is 0 Å². The maximum absolute atomic E-state index is 9.28. The van der Waals surface area contributed by atoms with Crippen molar-refractivity contribution in [2.45, 2.75) is 40.7 Å². The summed E-state index contributed by atoms with van der Waals surface area (Å²) in [7, 11) is 0. The van der Waals surface area contributed by atoms with Gasteiger partial charge in [-0.15, -0.1) is 0 Å². The molecule has 0 fully saturated rings. The Labute approximate surface area is 99.0 Å². The van der Waals surface area contributed by atoms with E-state index in [9.17, 15) is 4.89 Å². The topological polar surface area (TPSA) is 53.5 Å². The third-order valence-corrected chi connectivity index (χ3v) is 3.31. The van der Waals surface area contributed by atoms with Crippen LogP contribution in [0.2, 0.25) is 0 Å². The quantitative estimate of drug-likeness (QED) is 0.633. The molecule has 0 radical (unpaired) electrons. The van der Waals surface area contributed by atoms with Gasteiger partial charge in [0, 0.05) is 6.04 Å². The minimum absolute atomic E-state index is 0.169. The van der Waals surface area contributed by atoms with E-state index in [1.807, 2.05) is 13.8 Å². The Morgan fingerprint density at radius 2 is 1.73 bits per heavy atom. The third kappa shape index (κ3) is 17.1. The van der Waals surface area contributed by atoms with Crippen LogP contribution in [-0.4, -0.2) is 30.6 Å². The van der Waals surface area contributed by atoms with Gasteiger partial charge in [-0.3, -0.25) is 0 Å². The van der Waals surface area contributed by atoms with Crippen LogP contribution in [0.3, 0.4) is 0 Å². The first kappa shape index (κ1) is 17.9. The summed E-state index contributed by atoms with van der Waals surface area (Å²) in [6.45, 7) is 9.81. The predicted molar refractivity (Wildman–Crippen MR) is 70.6 cm³/mol. The van der Waals surface area contributed by atoms with Crippen molar-refractivity contribution in [1.82, 2.24) is 10.4 Å². The first-order chi connectivity index (χ1) is 6.89. The second-order valence-corrected chi connectivity index (χ2v) is 6.22. The van der Waals surface area contributed by atoms with Gasteiger partial charge in [0.1, 0.15) is 0 Å². The molecule has 6 heteroatoms. The molecule has 94 valence electrons. The molecule has 0 saturated heterocycles. The van der Waals surface area contributed by atoms with Crippen LogP contribution >= 0.6 is 6.64 Å². The second kappa shape index (κ2) is 11.0. The summed E-state index contributed by atoms with van der Waals surface area (Å²) in [5.41, 5.74) is 0. The SMILES string of the molecule is CCNCC.CCOP(O)(=S)NC(C)C. The number of hydrogen-bond acceptors (Lipinski definition) is 3. The Kier molecular flexibility index (Phi) is 13.1. The normalized spacial score (nSPS) is 14.3. The van der Waals surface area contributed by atoms with Crippen LogP contribution in [0.15, 0.2) is 0 Å². The second-order valence-electron chi connectivity index (χ2n) is 3.18. The van der Waals surface area contributed by atoms with Crippen molar-refractivity contribution in [2.75, 3.05) is 19.7 Å². The minimum atomic E-state index is -2.67. The van der Waals surface area contributed by atoms with E-state index < -0.39 is 6.64 Å². The average molecular weight is 256 g/mol. The van der Waals surface area contributed by atoms with E-state index in [0.29, 0.717) is 6.61 Å². The Morgan fingerprint density at radius 3 is 1.93 bits per heavy atom. The van der Waals surface area contributed by atoms with E-state index in [1.54, 1.807) is 6.92 Å². The lowest BCUT2D eigenvalue weighted by atomic mass is 10.4. The van der Waals surface area contributed by atoms with E-state index in [-0.39, 0.29) is 6.04 Å². The summed E-state index contributed by atoms with van der Waals surface area (Å²) < 4.78 is 4.91. The smallest absolute Gasteiger partial charge is 0.258 e. The molecule has 0 aliphatic carbocycles. The fourth-order valence-electron chi connectivity index (χ4n) is 0.789. The lowest BCUT2D eigenvalue weighted by Crippen LogP contribution is -2.20. The molecule has 0 aromatic rings. The Morgan fingerprint density at radius 1 is 1.27 bits per heavy atom. The molecule has 0 amide bonds. The molecule has 0 spiro atoms. The van der Waals surface area contributed by atoms with E-state index in [2.05, 4.69) is 24.3 Å². The molecule has 0 bridgehead atoms. The molecule has 15 heavy (non-hydrogen) atoms. The van der Waals surface area contributed by atoms with Crippen molar-refractivity contribution >= 4 is 18.4 Å². The molecule has 0 rings (SSSR count). The van der Waals surface area contributed by atoms with Gasteiger partial charge >= 0.3 is 0 Å². The predicted octanol–water partition coefficient (Wildman–Crippen LogP) is 1.85. The van der Waals surface area contributed by atoms with Crippen molar-refractivity contribution in [3.63, 3.8) is 0 Å². The van der Waals surface area contributed by atoms with Crippen LogP contribution in [0.5, 0.6) is 0 Å². The van der Waals surface area contributed by atoms with E-state index >= 15 is 0 Å². The first-order valence-corrected chi connectivity index (χ1v) is 8.02. The molecule has 4 nitrogen and oxygen atoms in total. The van der Waals surface area contributed by atoms with Gasteiger partial charge in [-0.2, -0.15) is 0 Å². The lowest BCUT2D eigenvalue weighted by Gasteiger charge is -2.17.